The maximum absolute atomic E-state index is 11.6. The molecule has 0 aromatic carbocycles. The molecule has 1 aliphatic carbocycles. The predicted molar refractivity (Wildman–Crippen MR) is 52.5 cm³/mol. The summed E-state index contributed by atoms with van der Waals surface area (Å²) in [4.78, 5) is 11.6. The Morgan fingerprint density at radius 3 is 3.08 bits per heavy atom. The van der Waals surface area contributed by atoms with Crippen LogP contribution < -0.4 is 5.32 Å². The summed E-state index contributed by atoms with van der Waals surface area (Å²) >= 11 is 0. The Hall–Kier alpha value is -0.630. The number of carbonyl (C=O) groups is 1. The zero-order valence-corrected chi connectivity index (χ0v) is 8.18. The van der Waals surface area contributed by atoms with Crippen LogP contribution in [0.15, 0.2) is 11.6 Å². The van der Waals surface area contributed by atoms with Crippen LogP contribution in [0.1, 0.15) is 32.6 Å². The lowest BCUT2D eigenvalue weighted by Crippen LogP contribution is -2.39. The van der Waals surface area contributed by atoms with Crippen molar-refractivity contribution in [3.05, 3.63) is 11.6 Å². The SMILES string of the molecule is CCC(=O)C1=CCC2CCC1NC2. The van der Waals surface area contributed by atoms with Gasteiger partial charge in [0.1, 0.15) is 0 Å². The van der Waals surface area contributed by atoms with E-state index in [1.807, 2.05) is 6.92 Å². The molecule has 2 bridgehead atoms. The van der Waals surface area contributed by atoms with Gasteiger partial charge in [-0.05, 0) is 31.7 Å². The molecule has 2 aliphatic heterocycles. The van der Waals surface area contributed by atoms with Crippen molar-refractivity contribution < 1.29 is 4.79 Å². The van der Waals surface area contributed by atoms with Crippen LogP contribution in [0.4, 0.5) is 0 Å². The minimum Gasteiger partial charge on any atom is -0.310 e. The second-order valence-corrected chi connectivity index (χ2v) is 4.08. The summed E-state index contributed by atoms with van der Waals surface area (Å²) in [6.07, 6.45) is 6.37. The van der Waals surface area contributed by atoms with Gasteiger partial charge in [-0.3, -0.25) is 4.79 Å². The molecule has 0 aromatic rings. The Morgan fingerprint density at radius 2 is 2.46 bits per heavy atom. The lowest BCUT2D eigenvalue weighted by molar-refractivity contribution is -0.115. The number of hydrogen-bond acceptors (Lipinski definition) is 2. The van der Waals surface area contributed by atoms with Crippen molar-refractivity contribution in [1.82, 2.24) is 5.32 Å². The molecule has 2 unspecified atom stereocenters. The van der Waals surface area contributed by atoms with Crippen LogP contribution >= 0.6 is 0 Å². The van der Waals surface area contributed by atoms with Gasteiger partial charge in [-0.2, -0.15) is 0 Å². The third-order valence-corrected chi connectivity index (χ3v) is 3.21. The first-order chi connectivity index (χ1) is 6.31. The number of piperidine rings is 1. The zero-order chi connectivity index (χ0) is 9.26. The highest BCUT2D eigenvalue weighted by atomic mass is 16.1. The van der Waals surface area contributed by atoms with E-state index < -0.39 is 0 Å². The summed E-state index contributed by atoms with van der Waals surface area (Å²) in [5.41, 5.74) is 1.06. The first-order valence-corrected chi connectivity index (χ1v) is 5.28. The third kappa shape index (κ3) is 1.68. The molecule has 1 saturated heterocycles. The van der Waals surface area contributed by atoms with E-state index in [-0.39, 0.29) is 0 Å². The molecular weight excluding hydrogens is 162 g/mol. The number of allylic oxidation sites excluding steroid dienone is 1. The molecular formula is C11H17NO. The van der Waals surface area contributed by atoms with Gasteiger partial charge in [0.05, 0.1) is 0 Å². The number of nitrogens with one attached hydrogen (secondary N) is 1. The van der Waals surface area contributed by atoms with Crippen LogP contribution in [-0.2, 0) is 4.79 Å². The molecule has 0 amide bonds. The highest BCUT2D eigenvalue weighted by Gasteiger charge is 2.28. The normalized spacial score (nSPS) is 32.5. The van der Waals surface area contributed by atoms with E-state index in [0.717, 1.165) is 30.9 Å². The molecule has 3 rings (SSSR count). The van der Waals surface area contributed by atoms with Crippen LogP contribution in [0.5, 0.6) is 0 Å². The molecule has 0 saturated carbocycles. The monoisotopic (exact) mass is 179 g/mol. The number of ketones is 1. The maximum Gasteiger partial charge on any atom is 0.159 e. The lowest BCUT2D eigenvalue weighted by atomic mass is 9.93. The molecule has 0 aromatic heterocycles. The van der Waals surface area contributed by atoms with E-state index in [1.165, 1.54) is 6.42 Å². The van der Waals surface area contributed by atoms with E-state index in [0.29, 0.717) is 18.2 Å². The molecule has 72 valence electrons. The summed E-state index contributed by atoms with van der Waals surface area (Å²) in [6.45, 7) is 3.04. The number of carbonyl (C=O) groups excluding carboxylic acids is 1. The molecule has 2 atom stereocenters. The summed E-state index contributed by atoms with van der Waals surface area (Å²) in [5.74, 6) is 1.11. The van der Waals surface area contributed by atoms with Crippen molar-refractivity contribution in [3.8, 4) is 0 Å². The third-order valence-electron chi connectivity index (χ3n) is 3.21. The maximum atomic E-state index is 11.6. The van der Waals surface area contributed by atoms with E-state index in [9.17, 15) is 4.79 Å². The van der Waals surface area contributed by atoms with E-state index in [4.69, 9.17) is 0 Å². The highest BCUT2D eigenvalue weighted by molar-refractivity contribution is 5.96. The van der Waals surface area contributed by atoms with Gasteiger partial charge in [0.15, 0.2) is 5.78 Å². The number of Topliss-reactive ketones (excluding diaryl/α,β-unsaturated/α-hetero) is 1. The average Bonchev–Trinajstić information content (AvgIpc) is 2.49. The van der Waals surface area contributed by atoms with Gasteiger partial charge in [0, 0.05) is 18.0 Å². The topological polar surface area (TPSA) is 29.1 Å². The molecule has 0 radical (unpaired) electrons. The minimum absolute atomic E-state index is 0.333. The smallest absolute Gasteiger partial charge is 0.159 e. The van der Waals surface area contributed by atoms with Crippen LogP contribution in [0.3, 0.4) is 0 Å². The molecule has 2 heteroatoms. The standard InChI is InChI=1S/C11H17NO/c1-2-11(13)9-5-3-8-4-6-10(9)12-7-8/h5,8,10,12H,2-4,6-7H2,1H3. The Balaban J connectivity index is 2.17. The first-order valence-electron chi connectivity index (χ1n) is 5.28. The van der Waals surface area contributed by atoms with Crippen LogP contribution in [-0.4, -0.2) is 18.4 Å². The second-order valence-electron chi connectivity index (χ2n) is 4.08. The Kier molecular flexibility index (Phi) is 2.49. The first kappa shape index (κ1) is 8.95. The van der Waals surface area contributed by atoms with Gasteiger partial charge in [0.25, 0.3) is 0 Å². The van der Waals surface area contributed by atoms with Crippen LogP contribution in [0.2, 0.25) is 0 Å². The quantitative estimate of drug-likeness (QED) is 0.698. The van der Waals surface area contributed by atoms with E-state index in [2.05, 4.69) is 11.4 Å². The number of rotatable bonds is 2. The van der Waals surface area contributed by atoms with E-state index in [1.54, 1.807) is 0 Å². The fraction of sp³-hybridized carbons (Fsp3) is 0.727. The molecule has 1 fully saturated rings. The van der Waals surface area contributed by atoms with Crippen molar-refractivity contribution in [1.29, 1.82) is 0 Å². The number of hydrogen-bond donors (Lipinski definition) is 1. The summed E-state index contributed by atoms with van der Waals surface area (Å²) in [7, 11) is 0. The molecule has 3 aliphatic rings. The van der Waals surface area contributed by atoms with Gasteiger partial charge >= 0.3 is 0 Å². The molecule has 1 N–H and O–H groups in total. The molecule has 2 nitrogen and oxygen atoms in total. The fourth-order valence-corrected chi connectivity index (χ4v) is 2.33. The largest absolute Gasteiger partial charge is 0.310 e. The minimum atomic E-state index is 0.333. The van der Waals surface area contributed by atoms with Gasteiger partial charge in [-0.25, -0.2) is 0 Å². The number of fused-ring (bicyclic) bond motifs is 3. The van der Waals surface area contributed by atoms with Gasteiger partial charge < -0.3 is 5.32 Å². The summed E-state index contributed by atoms with van der Waals surface area (Å²) in [5, 5.41) is 3.46. The Labute approximate surface area is 79.4 Å². The van der Waals surface area contributed by atoms with Crippen molar-refractivity contribution >= 4 is 5.78 Å². The predicted octanol–water partition coefficient (Wildman–Crippen LogP) is 1.66. The van der Waals surface area contributed by atoms with Crippen LogP contribution in [0, 0.1) is 5.92 Å². The van der Waals surface area contributed by atoms with E-state index >= 15 is 0 Å². The van der Waals surface area contributed by atoms with Crippen molar-refractivity contribution in [2.75, 3.05) is 6.54 Å². The van der Waals surface area contributed by atoms with Crippen molar-refractivity contribution in [2.24, 2.45) is 5.92 Å². The summed E-state index contributed by atoms with van der Waals surface area (Å²) < 4.78 is 0. The van der Waals surface area contributed by atoms with Gasteiger partial charge in [-0.1, -0.05) is 13.0 Å². The Morgan fingerprint density at radius 1 is 1.62 bits per heavy atom. The van der Waals surface area contributed by atoms with Crippen LogP contribution in [0.25, 0.3) is 0 Å². The average molecular weight is 179 g/mol. The molecule has 2 heterocycles. The van der Waals surface area contributed by atoms with Gasteiger partial charge in [-0.15, -0.1) is 0 Å². The zero-order valence-electron chi connectivity index (χ0n) is 8.18. The Bertz CT molecular complexity index is 236. The lowest BCUT2D eigenvalue weighted by Gasteiger charge is -2.26. The van der Waals surface area contributed by atoms with Gasteiger partial charge in [0.2, 0.25) is 0 Å². The second kappa shape index (κ2) is 3.62. The molecule has 0 spiro atoms. The fourth-order valence-electron chi connectivity index (χ4n) is 2.33. The summed E-state index contributed by atoms with van der Waals surface area (Å²) in [6, 6.07) is 0.367. The molecule has 13 heavy (non-hydrogen) atoms. The van der Waals surface area contributed by atoms with Crippen molar-refractivity contribution in [3.63, 3.8) is 0 Å². The van der Waals surface area contributed by atoms with Crippen molar-refractivity contribution in [2.45, 2.75) is 38.6 Å². The highest BCUT2D eigenvalue weighted by Crippen LogP contribution is 2.27.